The molecule has 32 heavy (non-hydrogen) atoms. The summed E-state index contributed by atoms with van der Waals surface area (Å²) in [4.78, 5) is 5.33. The Morgan fingerprint density at radius 1 is 0.688 bits per heavy atom. The van der Waals surface area contributed by atoms with E-state index in [9.17, 15) is 0 Å². The number of fused-ring (bicyclic) bond motifs is 5. The fourth-order valence-corrected chi connectivity index (χ4v) is 7.69. The average Bonchev–Trinajstić information content (AvgIpc) is 3.45. The number of hydrogen-bond acceptors (Lipinski definition) is 2. The summed E-state index contributed by atoms with van der Waals surface area (Å²) >= 11 is 0. The van der Waals surface area contributed by atoms with Crippen molar-refractivity contribution in [3.8, 4) is 11.1 Å². The zero-order valence-corrected chi connectivity index (χ0v) is 20.7. The first-order valence-electron chi connectivity index (χ1n) is 13.1. The van der Waals surface area contributed by atoms with Gasteiger partial charge in [-0.15, -0.1) is 0 Å². The Kier molecular flexibility index (Phi) is 4.69. The predicted octanol–water partition coefficient (Wildman–Crippen LogP) is 6.90. The summed E-state index contributed by atoms with van der Waals surface area (Å²) in [6.07, 6.45) is 10.3. The van der Waals surface area contributed by atoms with E-state index < -0.39 is 0 Å². The predicted molar refractivity (Wildman–Crippen MR) is 137 cm³/mol. The van der Waals surface area contributed by atoms with Gasteiger partial charge in [0, 0.05) is 37.6 Å². The number of anilines is 2. The first kappa shape index (κ1) is 20.6. The number of benzene rings is 2. The third kappa shape index (κ3) is 3.28. The van der Waals surface area contributed by atoms with Gasteiger partial charge in [-0.25, -0.2) is 0 Å². The fourth-order valence-electron chi connectivity index (χ4n) is 7.69. The van der Waals surface area contributed by atoms with Crippen LogP contribution in [0.2, 0.25) is 0 Å². The third-order valence-electron chi connectivity index (χ3n) is 8.78. The maximum atomic E-state index is 2.69. The Morgan fingerprint density at radius 2 is 1.34 bits per heavy atom. The molecule has 0 aromatic heterocycles. The van der Waals surface area contributed by atoms with Crippen molar-refractivity contribution in [2.75, 3.05) is 36.0 Å². The molecule has 2 saturated heterocycles. The van der Waals surface area contributed by atoms with Gasteiger partial charge in [0.25, 0.3) is 0 Å². The molecule has 4 aliphatic rings. The van der Waals surface area contributed by atoms with Crippen LogP contribution in [-0.4, -0.2) is 26.2 Å². The molecule has 2 heteroatoms. The van der Waals surface area contributed by atoms with E-state index in [1.807, 2.05) is 0 Å². The molecule has 2 aliphatic carbocycles. The highest BCUT2D eigenvalue weighted by Gasteiger charge is 2.39. The van der Waals surface area contributed by atoms with Gasteiger partial charge < -0.3 is 9.80 Å². The Balaban J connectivity index is 1.54. The molecule has 2 aromatic carbocycles. The van der Waals surface area contributed by atoms with Gasteiger partial charge in [-0.05, 0) is 108 Å². The van der Waals surface area contributed by atoms with Crippen molar-refractivity contribution < 1.29 is 0 Å². The smallest absolute Gasteiger partial charge is 0.0425 e. The Hall–Kier alpha value is -1.96. The lowest BCUT2D eigenvalue weighted by Crippen LogP contribution is -2.36. The third-order valence-corrected chi connectivity index (χ3v) is 8.78. The molecular weight excluding hydrogens is 388 g/mol. The zero-order valence-electron chi connectivity index (χ0n) is 20.7. The standard InChI is InChI=1S/C30H40N2/c1-29(2)19-26-23-9-10-24-25(22(23)11-12-27(26)30(3,4)20-29)17-21(31-13-5-6-14-31)18-28(24)32-15-7-8-16-32/h11-12,17-18H,5-10,13-16,19-20H2,1-4H3. The minimum absolute atomic E-state index is 0.268. The molecule has 170 valence electrons. The largest absolute Gasteiger partial charge is 0.371 e. The minimum Gasteiger partial charge on any atom is -0.371 e. The molecule has 0 atom stereocenters. The molecule has 2 nitrogen and oxygen atoms in total. The Labute approximate surface area is 195 Å². The average molecular weight is 429 g/mol. The Morgan fingerprint density at radius 3 is 2.06 bits per heavy atom. The molecule has 0 saturated carbocycles. The molecule has 0 radical (unpaired) electrons. The van der Waals surface area contributed by atoms with Gasteiger partial charge in [0.15, 0.2) is 0 Å². The normalized spacial score (nSPS) is 23.1. The van der Waals surface area contributed by atoms with Gasteiger partial charge in [-0.2, -0.15) is 0 Å². The molecule has 0 unspecified atom stereocenters. The van der Waals surface area contributed by atoms with Gasteiger partial charge in [0.05, 0.1) is 0 Å². The van der Waals surface area contributed by atoms with E-state index in [-0.39, 0.29) is 5.41 Å². The van der Waals surface area contributed by atoms with E-state index >= 15 is 0 Å². The van der Waals surface area contributed by atoms with E-state index in [4.69, 9.17) is 0 Å². The lowest BCUT2D eigenvalue weighted by molar-refractivity contribution is 0.230. The summed E-state index contributed by atoms with van der Waals surface area (Å²) in [5, 5.41) is 0. The SMILES string of the molecule is CC1(C)Cc2c(ccc3c2CCc2c-3cc(N3CCCC3)cc2N2CCCC2)C(C)(C)C1. The second kappa shape index (κ2) is 7.27. The van der Waals surface area contributed by atoms with E-state index in [1.54, 1.807) is 39.1 Å². The monoisotopic (exact) mass is 428 g/mol. The zero-order chi connectivity index (χ0) is 22.1. The molecule has 0 amide bonds. The van der Waals surface area contributed by atoms with Gasteiger partial charge in [0.2, 0.25) is 0 Å². The van der Waals surface area contributed by atoms with Crippen molar-refractivity contribution >= 4 is 11.4 Å². The van der Waals surface area contributed by atoms with Crippen molar-refractivity contribution in [2.24, 2.45) is 5.41 Å². The van der Waals surface area contributed by atoms with Crippen LogP contribution in [-0.2, 0) is 24.7 Å². The van der Waals surface area contributed by atoms with Gasteiger partial charge in [-0.1, -0.05) is 39.8 Å². The highest BCUT2D eigenvalue weighted by molar-refractivity contribution is 5.84. The van der Waals surface area contributed by atoms with Crippen LogP contribution in [0.5, 0.6) is 0 Å². The summed E-state index contributed by atoms with van der Waals surface area (Å²) in [6.45, 7) is 14.8. The van der Waals surface area contributed by atoms with Crippen molar-refractivity contribution in [3.05, 3.63) is 46.5 Å². The van der Waals surface area contributed by atoms with Crippen molar-refractivity contribution in [2.45, 2.75) is 84.5 Å². The van der Waals surface area contributed by atoms with Crippen LogP contribution in [0.1, 0.15) is 82.1 Å². The summed E-state index contributed by atoms with van der Waals surface area (Å²) in [5.74, 6) is 0. The lowest BCUT2D eigenvalue weighted by Gasteiger charge is -2.44. The molecule has 2 fully saturated rings. The molecule has 2 aliphatic heterocycles. The first-order chi connectivity index (χ1) is 15.3. The van der Waals surface area contributed by atoms with E-state index in [0.29, 0.717) is 5.41 Å². The number of nitrogens with zero attached hydrogens (tertiary/aromatic N) is 2. The number of hydrogen-bond donors (Lipinski definition) is 0. The van der Waals surface area contributed by atoms with Crippen LogP contribution in [0.4, 0.5) is 11.4 Å². The molecular formula is C30H40N2. The van der Waals surface area contributed by atoms with Crippen molar-refractivity contribution in [1.29, 1.82) is 0 Å². The summed E-state index contributed by atoms with van der Waals surface area (Å²) in [5.41, 5.74) is 13.3. The molecule has 0 N–H and O–H groups in total. The van der Waals surface area contributed by atoms with Crippen LogP contribution in [0.25, 0.3) is 11.1 Å². The van der Waals surface area contributed by atoms with E-state index in [0.717, 1.165) is 0 Å². The first-order valence-corrected chi connectivity index (χ1v) is 13.1. The topological polar surface area (TPSA) is 6.48 Å². The molecule has 0 spiro atoms. The summed E-state index contributed by atoms with van der Waals surface area (Å²) < 4.78 is 0. The van der Waals surface area contributed by atoms with Gasteiger partial charge in [0.1, 0.15) is 0 Å². The highest BCUT2D eigenvalue weighted by Crippen LogP contribution is 2.51. The molecule has 6 rings (SSSR count). The van der Waals surface area contributed by atoms with E-state index in [2.05, 4.69) is 61.8 Å². The van der Waals surface area contributed by atoms with Crippen LogP contribution >= 0.6 is 0 Å². The highest BCUT2D eigenvalue weighted by atomic mass is 15.2. The van der Waals surface area contributed by atoms with Crippen LogP contribution in [0.15, 0.2) is 24.3 Å². The van der Waals surface area contributed by atoms with Crippen LogP contribution in [0.3, 0.4) is 0 Å². The Bertz CT molecular complexity index is 1050. The molecule has 2 aromatic rings. The second-order valence-electron chi connectivity index (χ2n) is 12.4. The number of rotatable bonds is 2. The van der Waals surface area contributed by atoms with Crippen molar-refractivity contribution in [3.63, 3.8) is 0 Å². The second-order valence-corrected chi connectivity index (χ2v) is 12.4. The summed E-state index contributed by atoms with van der Waals surface area (Å²) in [7, 11) is 0. The molecule has 0 bridgehead atoms. The van der Waals surface area contributed by atoms with E-state index in [1.165, 1.54) is 83.2 Å². The lowest BCUT2D eigenvalue weighted by atomic mass is 9.60. The molecule has 2 heterocycles. The summed E-state index contributed by atoms with van der Waals surface area (Å²) in [6, 6.07) is 10.1. The van der Waals surface area contributed by atoms with Crippen LogP contribution in [0, 0.1) is 5.41 Å². The van der Waals surface area contributed by atoms with Gasteiger partial charge in [-0.3, -0.25) is 0 Å². The maximum Gasteiger partial charge on any atom is 0.0425 e. The minimum atomic E-state index is 0.268. The fraction of sp³-hybridized carbons (Fsp3) is 0.600. The maximum absolute atomic E-state index is 2.69. The van der Waals surface area contributed by atoms with Crippen molar-refractivity contribution in [1.82, 2.24) is 0 Å². The quantitative estimate of drug-likeness (QED) is 0.513. The van der Waals surface area contributed by atoms with Gasteiger partial charge >= 0.3 is 0 Å². The van der Waals surface area contributed by atoms with Crippen LogP contribution < -0.4 is 9.80 Å².